The normalized spacial score (nSPS) is 12.2. The van der Waals surface area contributed by atoms with E-state index in [-0.39, 0.29) is 0 Å². The van der Waals surface area contributed by atoms with Crippen molar-refractivity contribution in [1.29, 1.82) is 0 Å². The Morgan fingerprint density at radius 3 is 2.68 bits per heavy atom. The molecule has 0 radical (unpaired) electrons. The Labute approximate surface area is 132 Å². The number of thiazole rings is 1. The van der Waals surface area contributed by atoms with Crippen molar-refractivity contribution >= 4 is 38.2 Å². The summed E-state index contributed by atoms with van der Waals surface area (Å²) in [5.41, 5.74) is 6.01. The first-order chi connectivity index (χ1) is 10.7. The Kier molecular flexibility index (Phi) is 4.20. The summed E-state index contributed by atoms with van der Waals surface area (Å²) in [6.45, 7) is 3.82. The van der Waals surface area contributed by atoms with Crippen molar-refractivity contribution in [3.8, 4) is 0 Å². The van der Waals surface area contributed by atoms with Gasteiger partial charge in [-0.05, 0) is 37.6 Å². The average Bonchev–Trinajstić information content (AvgIpc) is 2.95. The van der Waals surface area contributed by atoms with Crippen LogP contribution in [-0.4, -0.2) is 10.8 Å². The zero-order valence-corrected chi connectivity index (χ0v) is 13.1. The maximum Gasteiger partial charge on any atom is 0.231 e. The van der Waals surface area contributed by atoms with Crippen molar-refractivity contribution < 1.29 is 0 Å². The molecule has 3 aromatic rings. The fourth-order valence-electron chi connectivity index (χ4n) is 1.88. The van der Waals surface area contributed by atoms with E-state index in [9.17, 15) is 0 Å². The molecule has 2 aromatic carbocycles. The number of benzene rings is 2. The molecule has 0 bridgehead atoms. The van der Waals surface area contributed by atoms with Crippen LogP contribution in [0.4, 0.5) is 10.8 Å². The van der Waals surface area contributed by atoms with Gasteiger partial charge in [0.15, 0.2) is 5.84 Å². The number of fused-ring (bicyclic) bond motifs is 1. The van der Waals surface area contributed by atoms with E-state index >= 15 is 0 Å². The molecule has 1 aromatic heterocycles. The Bertz CT molecular complexity index is 817. The standard InChI is InChI=1S/C16H15N5S/c1-11-7-3-4-8-13(11)20-18-12(2)19-21-16-17-14-9-5-6-10-15(14)22-16/h3-10,20H,1-2H3/b18-12-,21-19?. The van der Waals surface area contributed by atoms with Crippen molar-refractivity contribution in [1.82, 2.24) is 4.98 Å². The van der Waals surface area contributed by atoms with Crippen molar-refractivity contribution in [3.05, 3.63) is 54.1 Å². The molecular formula is C16H15N5S. The minimum absolute atomic E-state index is 0.544. The molecule has 1 N–H and O–H groups in total. The lowest BCUT2D eigenvalue weighted by Crippen LogP contribution is -1.95. The van der Waals surface area contributed by atoms with E-state index in [1.165, 1.54) is 11.3 Å². The van der Waals surface area contributed by atoms with Gasteiger partial charge < -0.3 is 0 Å². The van der Waals surface area contributed by atoms with Crippen LogP contribution in [-0.2, 0) is 0 Å². The van der Waals surface area contributed by atoms with E-state index in [2.05, 4.69) is 25.7 Å². The monoisotopic (exact) mass is 309 g/mol. The maximum atomic E-state index is 4.40. The zero-order chi connectivity index (χ0) is 15.4. The lowest BCUT2D eigenvalue weighted by Gasteiger charge is -2.03. The van der Waals surface area contributed by atoms with Crippen LogP contribution in [0.15, 0.2) is 63.9 Å². The minimum Gasteiger partial charge on any atom is -0.276 e. The van der Waals surface area contributed by atoms with E-state index < -0.39 is 0 Å². The highest BCUT2D eigenvalue weighted by atomic mass is 32.1. The highest BCUT2D eigenvalue weighted by molar-refractivity contribution is 7.21. The van der Waals surface area contributed by atoms with Gasteiger partial charge in [0.1, 0.15) is 0 Å². The molecule has 0 aliphatic rings. The maximum absolute atomic E-state index is 4.40. The SMILES string of the molecule is C/C(N=Nc1nc2ccccc2s1)=N/Nc1ccccc1C. The van der Waals surface area contributed by atoms with Gasteiger partial charge in [0.05, 0.1) is 15.9 Å². The molecule has 110 valence electrons. The van der Waals surface area contributed by atoms with E-state index in [0.29, 0.717) is 11.0 Å². The van der Waals surface area contributed by atoms with Crippen molar-refractivity contribution in [2.75, 3.05) is 5.43 Å². The highest BCUT2D eigenvalue weighted by Gasteiger charge is 2.01. The third-order valence-corrected chi connectivity index (χ3v) is 3.97. The Morgan fingerprint density at radius 1 is 1.09 bits per heavy atom. The molecular weight excluding hydrogens is 294 g/mol. The molecule has 3 rings (SSSR count). The number of nitrogens with zero attached hydrogens (tertiary/aromatic N) is 4. The van der Waals surface area contributed by atoms with Gasteiger partial charge in [-0.25, -0.2) is 4.98 Å². The molecule has 0 fully saturated rings. The number of hydrogen-bond donors (Lipinski definition) is 1. The molecule has 0 spiro atoms. The van der Waals surface area contributed by atoms with Crippen LogP contribution in [0.3, 0.4) is 0 Å². The molecule has 0 aliphatic heterocycles. The van der Waals surface area contributed by atoms with E-state index in [0.717, 1.165) is 21.5 Å². The van der Waals surface area contributed by atoms with E-state index in [1.54, 1.807) is 6.92 Å². The predicted octanol–water partition coefficient (Wildman–Crippen LogP) is 5.13. The number of hydrazone groups is 1. The van der Waals surface area contributed by atoms with Crippen molar-refractivity contribution in [3.63, 3.8) is 0 Å². The Hall–Kier alpha value is -2.60. The number of nitrogens with one attached hydrogen (secondary N) is 1. The second-order valence-corrected chi connectivity index (χ2v) is 5.76. The summed E-state index contributed by atoms with van der Waals surface area (Å²) in [4.78, 5) is 4.40. The molecule has 0 amide bonds. The summed E-state index contributed by atoms with van der Waals surface area (Å²) in [5.74, 6) is 0.544. The predicted molar refractivity (Wildman–Crippen MR) is 92.0 cm³/mol. The van der Waals surface area contributed by atoms with E-state index in [1.807, 2.05) is 55.5 Å². The summed E-state index contributed by atoms with van der Waals surface area (Å²) in [5, 5.41) is 13.1. The van der Waals surface area contributed by atoms with Gasteiger partial charge in [0, 0.05) is 0 Å². The topological polar surface area (TPSA) is 62.0 Å². The van der Waals surface area contributed by atoms with Gasteiger partial charge in [-0.3, -0.25) is 5.43 Å². The zero-order valence-electron chi connectivity index (χ0n) is 12.3. The van der Waals surface area contributed by atoms with Gasteiger partial charge in [0.2, 0.25) is 5.13 Å². The van der Waals surface area contributed by atoms with E-state index in [4.69, 9.17) is 0 Å². The number of hydrogen-bond acceptors (Lipinski definition) is 5. The molecule has 6 heteroatoms. The van der Waals surface area contributed by atoms with Gasteiger partial charge in [-0.1, -0.05) is 41.7 Å². The molecule has 0 unspecified atom stereocenters. The molecule has 22 heavy (non-hydrogen) atoms. The number of rotatable bonds is 3. The first-order valence-electron chi connectivity index (χ1n) is 6.85. The molecule has 5 nitrogen and oxygen atoms in total. The van der Waals surface area contributed by atoms with Crippen LogP contribution in [0.2, 0.25) is 0 Å². The molecule has 1 heterocycles. The Morgan fingerprint density at radius 2 is 1.86 bits per heavy atom. The molecule has 0 saturated carbocycles. The number of anilines is 1. The van der Waals surface area contributed by atoms with Gasteiger partial charge in [-0.15, -0.1) is 10.2 Å². The highest BCUT2D eigenvalue weighted by Crippen LogP contribution is 2.27. The van der Waals surface area contributed by atoms with Crippen LogP contribution in [0.5, 0.6) is 0 Å². The second-order valence-electron chi connectivity index (χ2n) is 4.75. The van der Waals surface area contributed by atoms with Crippen molar-refractivity contribution in [2.24, 2.45) is 15.3 Å². The average molecular weight is 309 g/mol. The lowest BCUT2D eigenvalue weighted by molar-refractivity contribution is 1.20. The van der Waals surface area contributed by atoms with Crippen LogP contribution >= 0.6 is 11.3 Å². The number of azo groups is 1. The number of aromatic nitrogens is 1. The first-order valence-corrected chi connectivity index (χ1v) is 7.67. The lowest BCUT2D eigenvalue weighted by atomic mass is 10.2. The number of aryl methyl sites for hydroxylation is 1. The minimum atomic E-state index is 0.544. The molecule has 0 saturated heterocycles. The largest absolute Gasteiger partial charge is 0.276 e. The summed E-state index contributed by atoms with van der Waals surface area (Å²) in [6.07, 6.45) is 0. The summed E-state index contributed by atoms with van der Waals surface area (Å²) in [6, 6.07) is 15.9. The van der Waals surface area contributed by atoms with Gasteiger partial charge in [-0.2, -0.15) is 5.10 Å². The van der Waals surface area contributed by atoms with Crippen LogP contribution in [0.25, 0.3) is 10.2 Å². The fraction of sp³-hybridized carbons (Fsp3) is 0.125. The summed E-state index contributed by atoms with van der Waals surface area (Å²) < 4.78 is 1.10. The fourth-order valence-corrected chi connectivity index (χ4v) is 2.67. The molecule has 0 aliphatic carbocycles. The van der Waals surface area contributed by atoms with Crippen molar-refractivity contribution in [2.45, 2.75) is 13.8 Å². The van der Waals surface area contributed by atoms with Gasteiger partial charge in [0.25, 0.3) is 0 Å². The first kappa shape index (κ1) is 14.3. The van der Waals surface area contributed by atoms with Crippen LogP contribution < -0.4 is 5.43 Å². The van der Waals surface area contributed by atoms with Crippen LogP contribution in [0.1, 0.15) is 12.5 Å². The summed E-state index contributed by atoms with van der Waals surface area (Å²) >= 11 is 1.51. The second kappa shape index (κ2) is 6.44. The smallest absolute Gasteiger partial charge is 0.231 e. The molecule has 0 atom stereocenters. The quantitative estimate of drug-likeness (QED) is 0.315. The number of amidine groups is 1. The van der Waals surface area contributed by atoms with Gasteiger partial charge >= 0.3 is 0 Å². The van der Waals surface area contributed by atoms with Crippen LogP contribution in [0, 0.1) is 6.92 Å². The third-order valence-electron chi connectivity index (χ3n) is 3.05. The number of para-hydroxylation sites is 2. The third kappa shape index (κ3) is 3.35. The summed E-state index contributed by atoms with van der Waals surface area (Å²) in [7, 11) is 0. The Balaban J connectivity index is 1.71.